The van der Waals surface area contributed by atoms with Crippen molar-refractivity contribution in [2.75, 3.05) is 13.7 Å². The maximum Gasteiger partial charge on any atom is 0.316 e. The summed E-state index contributed by atoms with van der Waals surface area (Å²) in [6, 6.07) is 0. The average Bonchev–Trinajstić information content (AvgIpc) is 3.65. The Labute approximate surface area is 442 Å². The Balaban J connectivity index is 1.19. The highest BCUT2D eigenvalue weighted by molar-refractivity contribution is 6.74. The van der Waals surface area contributed by atoms with Gasteiger partial charge in [0.05, 0.1) is 49.3 Å². The summed E-state index contributed by atoms with van der Waals surface area (Å²) in [5.41, 5.74) is 0.603. The van der Waals surface area contributed by atoms with Crippen LogP contribution >= 0.6 is 0 Å². The molecule has 1 unspecified atom stereocenters. The molecule has 5 fully saturated rings. The minimum absolute atomic E-state index is 0.0223. The van der Waals surface area contributed by atoms with Crippen LogP contribution in [0.4, 0.5) is 0 Å². The van der Waals surface area contributed by atoms with Crippen LogP contribution in [0.5, 0.6) is 0 Å². The van der Waals surface area contributed by atoms with Gasteiger partial charge in [-0.1, -0.05) is 85.3 Å². The monoisotopic (exact) mass is 1060 g/mol. The van der Waals surface area contributed by atoms with Crippen molar-refractivity contribution >= 4 is 26.2 Å². The maximum atomic E-state index is 14.9. The standard InChI is InChI=1S/C57H90O16Si/c1-17-31(2)49-34(5)23-24-56(72-49)29-42-26-41(71-56)22-21-33(4)48(69-46-27-44(62-14)51(36(7)64-46)70-47-28-45(66-38(9)58)52(37(8)65-47)67-39(10)59)32(3)19-18-20-40-30-63-53-50(73-74(15,16)55(11,12)13)35(6)25-43(54(60)68-42)57(40,53)61/h18-21,25,31-32,34,36-37,41-53,61H,17,22-24,26-30H2,1-16H3/b19-18+,33-21+,40-20+/t31-,32-,34-,36-,37-,41+,42-,43-,44-,45-,46-,47?,48-,49+,50+,51-,52-,53+,56+,57+/m0/s1. The summed E-state index contributed by atoms with van der Waals surface area (Å²) >= 11 is 0. The van der Waals surface area contributed by atoms with Gasteiger partial charge in [0.1, 0.15) is 35.9 Å². The molecule has 0 radical (unpaired) electrons. The van der Waals surface area contributed by atoms with E-state index in [0.29, 0.717) is 49.5 Å². The van der Waals surface area contributed by atoms with Crippen LogP contribution in [0, 0.1) is 23.7 Å². The number of esters is 3. The van der Waals surface area contributed by atoms with E-state index in [0.717, 1.165) is 24.0 Å². The summed E-state index contributed by atoms with van der Waals surface area (Å²) in [6.45, 7) is 30.1. The first kappa shape index (κ1) is 58.9. The summed E-state index contributed by atoms with van der Waals surface area (Å²) in [6.07, 6.45) is 6.08. The molecule has 20 atom stereocenters. The molecule has 5 saturated heterocycles. The zero-order valence-corrected chi connectivity index (χ0v) is 48.2. The first-order valence-electron chi connectivity index (χ1n) is 27.5. The molecule has 1 spiro atoms. The predicted molar refractivity (Wildman–Crippen MR) is 278 cm³/mol. The zero-order chi connectivity index (χ0) is 54.2. The third-order valence-electron chi connectivity index (χ3n) is 17.4. The third kappa shape index (κ3) is 12.9. The molecule has 7 rings (SSSR count). The van der Waals surface area contributed by atoms with E-state index < -0.39 is 117 Å². The van der Waals surface area contributed by atoms with E-state index in [-0.39, 0.29) is 36.2 Å². The van der Waals surface area contributed by atoms with E-state index in [1.807, 2.05) is 38.2 Å². The Bertz CT molecular complexity index is 2110. The van der Waals surface area contributed by atoms with Crippen molar-refractivity contribution in [1.29, 1.82) is 0 Å². The Hall–Kier alpha value is -2.81. The minimum atomic E-state index is -2.39. The molecule has 0 aromatic heterocycles. The molecule has 17 heteroatoms. The van der Waals surface area contributed by atoms with E-state index in [2.05, 4.69) is 74.6 Å². The summed E-state index contributed by atoms with van der Waals surface area (Å²) in [5.74, 6) is -3.10. The number of hydrogen-bond donors (Lipinski definition) is 1. The van der Waals surface area contributed by atoms with Crippen molar-refractivity contribution in [2.24, 2.45) is 23.7 Å². The number of methoxy groups -OCH3 is 1. The molecule has 1 N–H and O–H groups in total. The van der Waals surface area contributed by atoms with Crippen LogP contribution in [0.1, 0.15) is 141 Å². The molecule has 418 valence electrons. The third-order valence-corrected chi connectivity index (χ3v) is 21.9. The fourth-order valence-electron chi connectivity index (χ4n) is 12.0. The molecule has 74 heavy (non-hydrogen) atoms. The molecule has 6 heterocycles. The molecule has 0 saturated carbocycles. The fraction of sp³-hybridized carbons (Fsp3) is 0.807. The summed E-state index contributed by atoms with van der Waals surface area (Å²) in [7, 11) is -0.767. The van der Waals surface area contributed by atoms with Crippen molar-refractivity contribution in [3.8, 4) is 0 Å². The van der Waals surface area contributed by atoms with Gasteiger partial charge >= 0.3 is 17.9 Å². The number of allylic oxidation sites excluding steroid dienone is 2. The lowest BCUT2D eigenvalue weighted by Gasteiger charge is -2.51. The van der Waals surface area contributed by atoms with Crippen LogP contribution in [0.25, 0.3) is 0 Å². The number of carbonyl (C=O) groups excluding carboxylic acids is 3. The Morgan fingerprint density at radius 2 is 1.55 bits per heavy atom. The van der Waals surface area contributed by atoms with Gasteiger partial charge in [0.25, 0.3) is 0 Å². The van der Waals surface area contributed by atoms with Crippen molar-refractivity contribution in [3.63, 3.8) is 0 Å². The number of ether oxygens (including phenoxy) is 11. The van der Waals surface area contributed by atoms with Gasteiger partial charge in [-0.2, -0.15) is 0 Å². The van der Waals surface area contributed by atoms with Gasteiger partial charge in [0, 0.05) is 59.0 Å². The molecule has 16 nitrogen and oxygen atoms in total. The van der Waals surface area contributed by atoms with E-state index in [4.69, 9.17) is 56.5 Å². The average molecular weight is 1060 g/mol. The number of carbonyl (C=O) groups is 3. The Kier molecular flexibility index (Phi) is 18.8. The Morgan fingerprint density at radius 3 is 2.20 bits per heavy atom. The molecule has 0 amide bonds. The van der Waals surface area contributed by atoms with Crippen LogP contribution in [-0.4, -0.2) is 142 Å². The highest BCUT2D eigenvalue weighted by Crippen LogP contribution is 2.50. The largest absolute Gasteiger partial charge is 0.462 e. The van der Waals surface area contributed by atoms with Gasteiger partial charge in [0.15, 0.2) is 32.8 Å². The van der Waals surface area contributed by atoms with Crippen LogP contribution in [0.2, 0.25) is 18.1 Å². The highest BCUT2D eigenvalue weighted by Gasteiger charge is 2.62. The number of fused-ring (bicyclic) bond motifs is 2. The van der Waals surface area contributed by atoms with E-state index in [9.17, 15) is 19.5 Å². The van der Waals surface area contributed by atoms with E-state index >= 15 is 0 Å². The summed E-state index contributed by atoms with van der Waals surface area (Å²) < 4.78 is 78.0. The lowest BCUT2D eigenvalue weighted by Crippen LogP contribution is -2.60. The molecule has 7 aliphatic rings. The van der Waals surface area contributed by atoms with Crippen molar-refractivity contribution < 1.29 is 76.0 Å². The van der Waals surface area contributed by atoms with E-state index in [1.54, 1.807) is 14.0 Å². The number of rotatable bonds is 11. The van der Waals surface area contributed by atoms with Crippen LogP contribution in [0.15, 0.2) is 47.1 Å². The zero-order valence-electron chi connectivity index (χ0n) is 47.2. The second-order valence-electron chi connectivity index (χ2n) is 24.2. The predicted octanol–water partition coefficient (Wildman–Crippen LogP) is 9.12. The number of aliphatic hydroxyl groups is 1. The normalized spacial score (nSPS) is 43.6. The van der Waals surface area contributed by atoms with E-state index in [1.165, 1.54) is 13.8 Å². The van der Waals surface area contributed by atoms with Crippen molar-refractivity contribution in [2.45, 2.75) is 257 Å². The number of hydrogen-bond acceptors (Lipinski definition) is 16. The SMILES string of the molecule is CC[C@H](C)[C@H]1O[C@]2(CC[C@@H]1C)C[C@@H]1C[C@@H](C/C=C(\C)[C@@H](O[C@H]3C[C@H](OC)[C@@H](OC4C[C@H](OC(C)=O)[C@@H](OC(C)=O)[C@H](C)O4)[C@H](C)O3)[C@@H](C)/C=C/C=C3\CO[C@@H]4[C@H](O[Si](C)(C)C(C)(C)C)C(C)=C[C@@H](C(=O)O1)[C@]34O)O2. The van der Waals surface area contributed by atoms with Gasteiger partial charge in [-0.05, 0) is 87.2 Å². The van der Waals surface area contributed by atoms with Gasteiger partial charge in [-0.25, -0.2) is 0 Å². The molecule has 6 aliphatic heterocycles. The van der Waals surface area contributed by atoms with Crippen molar-refractivity contribution in [3.05, 3.63) is 47.1 Å². The summed E-state index contributed by atoms with van der Waals surface area (Å²) in [5, 5.41) is 13.1. The van der Waals surface area contributed by atoms with Gasteiger partial charge < -0.3 is 61.6 Å². The quantitative estimate of drug-likeness (QED) is 0.0894. The second kappa shape index (κ2) is 23.7. The maximum absolute atomic E-state index is 14.9. The molecule has 0 aromatic carbocycles. The topological polar surface area (TPSA) is 182 Å². The van der Waals surface area contributed by atoms with Crippen LogP contribution in [-0.2, 0) is 70.9 Å². The highest BCUT2D eigenvalue weighted by atomic mass is 28.4. The molecular weight excluding hydrogens is 969 g/mol. The van der Waals surface area contributed by atoms with Crippen LogP contribution < -0.4 is 0 Å². The van der Waals surface area contributed by atoms with Crippen LogP contribution in [0.3, 0.4) is 0 Å². The first-order valence-corrected chi connectivity index (χ1v) is 30.4. The molecule has 2 bridgehead atoms. The Morgan fingerprint density at radius 1 is 0.892 bits per heavy atom. The van der Waals surface area contributed by atoms with Gasteiger partial charge in [-0.15, -0.1) is 0 Å². The minimum Gasteiger partial charge on any atom is -0.462 e. The molecule has 0 aromatic rings. The first-order chi connectivity index (χ1) is 34.7. The van der Waals surface area contributed by atoms with Gasteiger partial charge in [0.2, 0.25) is 0 Å². The fourth-order valence-corrected chi connectivity index (χ4v) is 13.3. The van der Waals surface area contributed by atoms with Gasteiger partial charge in [-0.3, -0.25) is 14.4 Å². The lowest BCUT2D eigenvalue weighted by atomic mass is 9.71. The molecular formula is C57H90O16Si. The second-order valence-corrected chi connectivity index (χ2v) is 28.9. The van der Waals surface area contributed by atoms with Crippen molar-refractivity contribution in [1.82, 2.24) is 0 Å². The lowest BCUT2D eigenvalue weighted by molar-refractivity contribution is -0.340. The molecule has 1 aliphatic carbocycles. The summed E-state index contributed by atoms with van der Waals surface area (Å²) in [4.78, 5) is 38.9. The smallest absolute Gasteiger partial charge is 0.316 e.